The molecule has 0 fully saturated rings. The fourth-order valence-electron chi connectivity index (χ4n) is 2.13. The summed E-state index contributed by atoms with van der Waals surface area (Å²) in [6, 6.07) is 4.88. The van der Waals surface area contributed by atoms with Crippen LogP contribution in [-0.2, 0) is 21.2 Å². The fraction of sp³-hybridized carbons (Fsp3) is 0.462. The quantitative estimate of drug-likeness (QED) is 0.861. The fourth-order valence-corrected chi connectivity index (χ4v) is 3.25. The number of sulfonamides is 1. The van der Waals surface area contributed by atoms with Gasteiger partial charge in [0.1, 0.15) is 5.75 Å². The summed E-state index contributed by atoms with van der Waals surface area (Å²) >= 11 is 0. The van der Waals surface area contributed by atoms with Crippen molar-refractivity contribution in [1.29, 1.82) is 0 Å². The number of rotatable bonds is 5. The van der Waals surface area contributed by atoms with Crippen LogP contribution in [0.15, 0.2) is 18.2 Å². The van der Waals surface area contributed by atoms with Gasteiger partial charge in [0.05, 0.1) is 5.75 Å². The Balaban J connectivity index is 2.16. The summed E-state index contributed by atoms with van der Waals surface area (Å²) in [5, 5.41) is 8.91. The number of carboxylic acids is 1. The molecule has 0 bridgehead atoms. The maximum absolute atomic E-state index is 11.7. The zero-order valence-corrected chi connectivity index (χ0v) is 11.9. The Labute approximate surface area is 117 Å². The van der Waals surface area contributed by atoms with Crippen molar-refractivity contribution in [2.45, 2.75) is 32.3 Å². The Morgan fingerprint density at radius 1 is 1.50 bits per heavy atom. The average molecular weight is 299 g/mol. The standard InChI is InChI=1S/C13H17NO5S/c1-2-7-20(17,18)14-10-4-6-11-9(8-10)3-5-12(19-11)13(15)16/h4,6,8,12,14H,2-3,5,7H2,1H3,(H,15,16)/t12-/m0/s1. The summed E-state index contributed by atoms with van der Waals surface area (Å²) in [5.74, 6) is -0.410. The molecule has 0 spiro atoms. The molecule has 0 radical (unpaired) electrons. The molecule has 1 aliphatic rings. The van der Waals surface area contributed by atoms with Gasteiger partial charge in [-0.15, -0.1) is 0 Å². The first-order valence-corrected chi connectivity index (χ1v) is 8.09. The van der Waals surface area contributed by atoms with E-state index < -0.39 is 22.1 Å². The van der Waals surface area contributed by atoms with Gasteiger partial charge in [0.25, 0.3) is 0 Å². The topological polar surface area (TPSA) is 92.7 Å². The number of hydrogen-bond donors (Lipinski definition) is 2. The van der Waals surface area contributed by atoms with E-state index >= 15 is 0 Å². The molecule has 0 aliphatic carbocycles. The second kappa shape index (κ2) is 5.70. The van der Waals surface area contributed by atoms with Crippen molar-refractivity contribution in [1.82, 2.24) is 0 Å². The zero-order valence-electron chi connectivity index (χ0n) is 11.1. The van der Waals surface area contributed by atoms with Crippen LogP contribution in [0.3, 0.4) is 0 Å². The minimum atomic E-state index is -3.32. The smallest absolute Gasteiger partial charge is 0.344 e. The van der Waals surface area contributed by atoms with Gasteiger partial charge in [-0.2, -0.15) is 0 Å². The largest absolute Gasteiger partial charge is 0.479 e. The van der Waals surface area contributed by atoms with E-state index in [4.69, 9.17) is 9.84 Å². The van der Waals surface area contributed by atoms with Crippen molar-refractivity contribution in [2.75, 3.05) is 10.5 Å². The van der Waals surface area contributed by atoms with Crippen molar-refractivity contribution < 1.29 is 23.1 Å². The molecule has 6 nitrogen and oxygen atoms in total. The molecule has 1 aliphatic heterocycles. The van der Waals surface area contributed by atoms with Crippen molar-refractivity contribution in [3.05, 3.63) is 23.8 Å². The molecule has 2 N–H and O–H groups in total. The Morgan fingerprint density at radius 3 is 2.90 bits per heavy atom. The highest BCUT2D eigenvalue weighted by Gasteiger charge is 2.25. The first-order valence-electron chi connectivity index (χ1n) is 6.44. The Bertz CT molecular complexity index is 611. The minimum absolute atomic E-state index is 0.0711. The van der Waals surface area contributed by atoms with Gasteiger partial charge in [0.2, 0.25) is 10.0 Å². The number of ether oxygens (including phenoxy) is 1. The van der Waals surface area contributed by atoms with Gasteiger partial charge in [-0.3, -0.25) is 4.72 Å². The molecular formula is C13H17NO5S. The maximum atomic E-state index is 11.7. The van der Waals surface area contributed by atoms with Crippen LogP contribution in [0, 0.1) is 0 Å². The number of nitrogens with one attached hydrogen (secondary N) is 1. The lowest BCUT2D eigenvalue weighted by molar-refractivity contribution is -0.145. The maximum Gasteiger partial charge on any atom is 0.344 e. The number of aryl methyl sites for hydroxylation is 1. The van der Waals surface area contributed by atoms with Gasteiger partial charge < -0.3 is 9.84 Å². The highest BCUT2D eigenvalue weighted by Crippen LogP contribution is 2.30. The molecule has 20 heavy (non-hydrogen) atoms. The van der Waals surface area contributed by atoms with Crippen molar-refractivity contribution in [3.63, 3.8) is 0 Å². The van der Waals surface area contributed by atoms with Crippen LogP contribution in [-0.4, -0.2) is 31.4 Å². The van der Waals surface area contributed by atoms with Crippen LogP contribution in [0.5, 0.6) is 5.75 Å². The predicted molar refractivity (Wildman–Crippen MR) is 74.5 cm³/mol. The molecule has 0 saturated carbocycles. The second-order valence-corrected chi connectivity index (χ2v) is 6.57. The SMILES string of the molecule is CCCS(=O)(=O)Nc1ccc2c(c1)CC[C@@H](C(=O)O)O2. The molecule has 7 heteroatoms. The molecule has 1 heterocycles. The minimum Gasteiger partial charge on any atom is -0.479 e. The van der Waals surface area contributed by atoms with Gasteiger partial charge in [-0.05, 0) is 43.0 Å². The molecule has 0 amide bonds. The van der Waals surface area contributed by atoms with Crippen LogP contribution in [0.25, 0.3) is 0 Å². The molecule has 110 valence electrons. The number of anilines is 1. The zero-order chi connectivity index (χ0) is 14.8. The Morgan fingerprint density at radius 2 is 2.25 bits per heavy atom. The Kier molecular flexibility index (Phi) is 4.17. The molecule has 1 aromatic carbocycles. The van der Waals surface area contributed by atoms with E-state index in [0.29, 0.717) is 30.7 Å². The normalized spacial score (nSPS) is 17.9. The van der Waals surface area contributed by atoms with E-state index in [9.17, 15) is 13.2 Å². The highest BCUT2D eigenvalue weighted by atomic mass is 32.2. The highest BCUT2D eigenvalue weighted by molar-refractivity contribution is 7.92. The van der Waals surface area contributed by atoms with E-state index in [1.165, 1.54) is 0 Å². The second-order valence-electron chi connectivity index (χ2n) is 4.73. The molecule has 0 aromatic heterocycles. The van der Waals surface area contributed by atoms with E-state index in [1.807, 2.05) is 0 Å². The number of benzene rings is 1. The summed E-state index contributed by atoms with van der Waals surface area (Å²) in [6.45, 7) is 1.80. The van der Waals surface area contributed by atoms with E-state index in [1.54, 1.807) is 25.1 Å². The third-order valence-corrected chi connectivity index (χ3v) is 4.52. The number of carbonyl (C=O) groups is 1. The number of aliphatic carboxylic acids is 1. The molecule has 0 saturated heterocycles. The molecule has 1 aromatic rings. The number of fused-ring (bicyclic) bond motifs is 1. The summed E-state index contributed by atoms with van der Waals surface area (Å²) in [4.78, 5) is 10.9. The first-order chi connectivity index (χ1) is 9.41. The summed E-state index contributed by atoms with van der Waals surface area (Å²) in [7, 11) is -3.32. The van der Waals surface area contributed by atoms with Gasteiger partial charge >= 0.3 is 5.97 Å². The van der Waals surface area contributed by atoms with E-state index in [2.05, 4.69) is 4.72 Å². The number of carboxylic acid groups (broad SMARTS) is 1. The summed E-state index contributed by atoms with van der Waals surface area (Å²) in [6.07, 6.45) is 0.650. The summed E-state index contributed by atoms with van der Waals surface area (Å²) in [5.41, 5.74) is 1.30. The van der Waals surface area contributed by atoms with Gasteiger partial charge in [-0.25, -0.2) is 13.2 Å². The van der Waals surface area contributed by atoms with Crippen LogP contribution in [0.4, 0.5) is 5.69 Å². The van der Waals surface area contributed by atoms with Crippen LogP contribution in [0.1, 0.15) is 25.3 Å². The van der Waals surface area contributed by atoms with Crippen LogP contribution >= 0.6 is 0 Å². The first kappa shape index (κ1) is 14.6. The third kappa shape index (κ3) is 3.41. The lowest BCUT2D eigenvalue weighted by Crippen LogP contribution is -2.30. The molecule has 2 rings (SSSR count). The predicted octanol–water partition coefficient (Wildman–Crippen LogP) is 1.62. The van der Waals surface area contributed by atoms with Crippen molar-refractivity contribution in [3.8, 4) is 5.75 Å². The third-order valence-electron chi connectivity index (χ3n) is 3.03. The van der Waals surface area contributed by atoms with Crippen molar-refractivity contribution >= 4 is 21.7 Å². The molecule has 1 atom stereocenters. The lowest BCUT2D eigenvalue weighted by Gasteiger charge is -2.23. The monoisotopic (exact) mass is 299 g/mol. The lowest BCUT2D eigenvalue weighted by atomic mass is 10.0. The molecule has 0 unspecified atom stereocenters. The van der Waals surface area contributed by atoms with Crippen LogP contribution < -0.4 is 9.46 Å². The van der Waals surface area contributed by atoms with Crippen LogP contribution in [0.2, 0.25) is 0 Å². The molecular weight excluding hydrogens is 282 g/mol. The number of hydrogen-bond acceptors (Lipinski definition) is 4. The van der Waals surface area contributed by atoms with Crippen molar-refractivity contribution in [2.24, 2.45) is 0 Å². The van der Waals surface area contributed by atoms with Gasteiger partial charge in [0.15, 0.2) is 6.10 Å². The summed E-state index contributed by atoms with van der Waals surface area (Å²) < 4.78 is 31.2. The average Bonchev–Trinajstić information content (AvgIpc) is 2.37. The van der Waals surface area contributed by atoms with E-state index in [-0.39, 0.29) is 5.75 Å². The Hall–Kier alpha value is -1.76. The van der Waals surface area contributed by atoms with Gasteiger partial charge in [-0.1, -0.05) is 6.92 Å². The van der Waals surface area contributed by atoms with Gasteiger partial charge in [0, 0.05) is 5.69 Å². The van der Waals surface area contributed by atoms with E-state index in [0.717, 1.165) is 5.56 Å².